The zero-order valence-electron chi connectivity index (χ0n) is 9.43. The van der Waals surface area contributed by atoms with Crippen molar-refractivity contribution in [2.75, 3.05) is 13.1 Å². The van der Waals surface area contributed by atoms with E-state index in [1.54, 1.807) is 18.5 Å². The summed E-state index contributed by atoms with van der Waals surface area (Å²) in [6.45, 7) is 1.60. The Morgan fingerprint density at radius 3 is 2.88 bits per heavy atom. The molecule has 0 unspecified atom stereocenters. The molecule has 0 saturated carbocycles. The maximum atomic E-state index is 12.1. The highest BCUT2D eigenvalue weighted by molar-refractivity contribution is 5.92. The van der Waals surface area contributed by atoms with Crippen LogP contribution in [-0.2, 0) is 0 Å². The predicted molar refractivity (Wildman–Crippen MR) is 61.6 cm³/mol. The number of likely N-dealkylation sites (tertiary alicyclic amines) is 1. The van der Waals surface area contributed by atoms with Crippen LogP contribution in [0.5, 0.6) is 0 Å². The van der Waals surface area contributed by atoms with E-state index in [1.807, 2.05) is 4.90 Å². The van der Waals surface area contributed by atoms with E-state index in [0.29, 0.717) is 11.1 Å². The SMILES string of the molecule is O=C(c1nc2cnccc2o1)N1CCCCC1. The third kappa shape index (κ3) is 1.88. The fourth-order valence-corrected chi connectivity index (χ4v) is 2.10. The summed E-state index contributed by atoms with van der Waals surface area (Å²) >= 11 is 0. The Balaban J connectivity index is 1.89. The van der Waals surface area contributed by atoms with Crippen LogP contribution in [0.15, 0.2) is 22.9 Å². The number of carbonyl (C=O) groups is 1. The van der Waals surface area contributed by atoms with Crippen molar-refractivity contribution in [3.05, 3.63) is 24.4 Å². The van der Waals surface area contributed by atoms with E-state index >= 15 is 0 Å². The van der Waals surface area contributed by atoms with Gasteiger partial charge in [-0.3, -0.25) is 9.78 Å². The van der Waals surface area contributed by atoms with Gasteiger partial charge in [0.15, 0.2) is 5.58 Å². The van der Waals surface area contributed by atoms with Gasteiger partial charge in [-0.05, 0) is 19.3 Å². The molecule has 5 heteroatoms. The van der Waals surface area contributed by atoms with Crippen molar-refractivity contribution in [1.82, 2.24) is 14.9 Å². The molecule has 88 valence electrons. The zero-order chi connectivity index (χ0) is 11.7. The third-order valence-corrected chi connectivity index (χ3v) is 3.02. The van der Waals surface area contributed by atoms with Gasteiger partial charge in [0.1, 0.15) is 5.52 Å². The Morgan fingerprint density at radius 2 is 2.12 bits per heavy atom. The number of carbonyl (C=O) groups excluding carboxylic acids is 1. The lowest BCUT2D eigenvalue weighted by Crippen LogP contribution is -2.35. The van der Waals surface area contributed by atoms with E-state index in [9.17, 15) is 4.79 Å². The summed E-state index contributed by atoms with van der Waals surface area (Å²) in [5, 5.41) is 0. The van der Waals surface area contributed by atoms with E-state index in [4.69, 9.17) is 4.42 Å². The summed E-state index contributed by atoms with van der Waals surface area (Å²) < 4.78 is 5.44. The van der Waals surface area contributed by atoms with Crippen LogP contribution in [0.3, 0.4) is 0 Å². The predicted octanol–water partition coefficient (Wildman–Crippen LogP) is 1.85. The van der Waals surface area contributed by atoms with Gasteiger partial charge in [-0.2, -0.15) is 0 Å². The van der Waals surface area contributed by atoms with Gasteiger partial charge < -0.3 is 9.32 Å². The first kappa shape index (κ1) is 10.3. The Hall–Kier alpha value is -1.91. The summed E-state index contributed by atoms with van der Waals surface area (Å²) in [6, 6.07) is 1.72. The Kier molecular flexibility index (Phi) is 2.51. The lowest BCUT2D eigenvalue weighted by atomic mass is 10.1. The molecule has 17 heavy (non-hydrogen) atoms. The first-order chi connectivity index (χ1) is 8.34. The van der Waals surface area contributed by atoms with Crippen LogP contribution in [0.1, 0.15) is 29.9 Å². The Bertz CT molecular complexity index is 510. The first-order valence-corrected chi connectivity index (χ1v) is 5.84. The molecular formula is C12H13N3O2. The molecule has 0 N–H and O–H groups in total. The van der Waals surface area contributed by atoms with Gasteiger partial charge in [-0.1, -0.05) is 0 Å². The van der Waals surface area contributed by atoms with Crippen molar-refractivity contribution in [2.24, 2.45) is 0 Å². The van der Waals surface area contributed by atoms with Gasteiger partial charge in [0, 0.05) is 25.4 Å². The molecule has 5 nitrogen and oxygen atoms in total. The number of amides is 1. The molecule has 0 aliphatic carbocycles. The molecule has 0 bridgehead atoms. The largest absolute Gasteiger partial charge is 0.432 e. The fraction of sp³-hybridized carbons (Fsp3) is 0.417. The minimum atomic E-state index is -0.110. The lowest BCUT2D eigenvalue weighted by Gasteiger charge is -2.25. The van der Waals surface area contributed by atoms with Crippen LogP contribution in [0.4, 0.5) is 0 Å². The second-order valence-corrected chi connectivity index (χ2v) is 4.22. The highest BCUT2D eigenvalue weighted by Crippen LogP contribution is 2.17. The number of fused-ring (bicyclic) bond motifs is 1. The molecule has 0 aromatic carbocycles. The van der Waals surface area contributed by atoms with Gasteiger partial charge in [0.2, 0.25) is 0 Å². The molecule has 2 aromatic rings. The Labute approximate surface area is 98.5 Å². The van der Waals surface area contributed by atoms with Crippen LogP contribution >= 0.6 is 0 Å². The maximum Gasteiger partial charge on any atom is 0.309 e. The normalized spacial score (nSPS) is 16.4. The molecule has 3 rings (SSSR count). The molecule has 1 aliphatic heterocycles. The van der Waals surface area contributed by atoms with Crippen LogP contribution in [0.25, 0.3) is 11.1 Å². The van der Waals surface area contributed by atoms with Crippen molar-refractivity contribution in [1.29, 1.82) is 0 Å². The van der Waals surface area contributed by atoms with Gasteiger partial charge in [0.25, 0.3) is 5.89 Å². The standard InChI is InChI=1S/C12H13N3O2/c16-12(15-6-2-1-3-7-15)11-14-9-8-13-5-4-10(9)17-11/h4-5,8H,1-3,6-7H2. The molecule has 1 fully saturated rings. The quantitative estimate of drug-likeness (QED) is 0.751. The average molecular weight is 231 g/mol. The number of oxazole rings is 1. The van der Waals surface area contributed by atoms with Gasteiger partial charge in [0.05, 0.1) is 6.20 Å². The van der Waals surface area contributed by atoms with E-state index in [0.717, 1.165) is 25.9 Å². The second-order valence-electron chi connectivity index (χ2n) is 4.22. The fourth-order valence-electron chi connectivity index (χ4n) is 2.10. The smallest absolute Gasteiger partial charge is 0.309 e. The second kappa shape index (κ2) is 4.16. The minimum Gasteiger partial charge on any atom is -0.432 e. The van der Waals surface area contributed by atoms with Crippen molar-refractivity contribution in [3.63, 3.8) is 0 Å². The average Bonchev–Trinajstić information content (AvgIpc) is 2.82. The summed E-state index contributed by atoms with van der Waals surface area (Å²) in [4.78, 5) is 22.0. The van der Waals surface area contributed by atoms with Gasteiger partial charge >= 0.3 is 5.91 Å². The van der Waals surface area contributed by atoms with Crippen LogP contribution in [0, 0.1) is 0 Å². The molecule has 1 aliphatic rings. The van der Waals surface area contributed by atoms with E-state index < -0.39 is 0 Å². The first-order valence-electron chi connectivity index (χ1n) is 5.84. The van der Waals surface area contributed by atoms with Crippen LogP contribution in [-0.4, -0.2) is 33.9 Å². The van der Waals surface area contributed by atoms with Crippen LogP contribution < -0.4 is 0 Å². The topological polar surface area (TPSA) is 59.2 Å². The molecule has 0 radical (unpaired) electrons. The third-order valence-electron chi connectivity index (χ3n) is 3.02. The lowest BCUT2D eigenvalue weighted by molar-refractivity contribution is 0.0686. The van der Waals surface area contributed by atoms with E-state index in [2.05, 4.69) is 9.97 Å². The summed E-state index contributed by atoms with van der Waals surface area (Å²) in [5.41, 5.74) is 1.24. The zero-order valence-corrected chi connectivity index (χ0v) is 9.43. The van der Waals surface area contributed by atoms with Crippen molar-refractivity contribution < 1.29 is 9.21 Å². The molecule has 1 saturated heterocycles. The maximum absolute atomic E-state index is 12.1. The molecule has 0 spiro atoms. The van der Waals surface area contributed by atoms with Crippen molar-refractivity contribution in [2.45, 2.75) is 19.3 Å². The Morgan fingerprint density at radius 1 is 1.29 bits per heavy atom. The number of nitrogens with zero attached hydrogens (tertiary/aromatic N) is 3. The van der Waals surface area contributed by atoms with Crippen LogP contribution in [0.2, 0.25) is 0 Å². The molecule has 2 aromatic heterocycles. The minimum absolute atomic E-state index is 0.110. The van der Waals surface area contributed by atoms with Gasteiger partial charge in [-0.15, -0.1) is 0 Å². The number of rotatable bonds is 1. The molecule has 1 amide bonds. The monoisotopic (exact) mass is 231 g/mol. The highest BCUT2D eigenvalue weighted by Gasteiger charge is 2.22. The molecular weight excluding hydrogens is 218 g/mol. The van der Waals surface area contributed by atoms with Gasteiger partial charge in [-0.25, -0.2) is 4.98 Å². The number of hydrogen-bond acceptors (Lipinski definition) is 4. The number of aromatic nitrogens is 2. The number of pyridine rings is 1. The highest BCUT2D eigenvalue weighted by atomic mass is 16.4. The van der Waals surface area contributed by atoms with E-state index in [1.165, 1.54) is 6.42 Å². The summed E-state index contributed by atoms with van der Waals surface area (Å²) in [6.07, 6.45) is 6.55. The van der Waals surface area contributed by atoms with Crippen molar-refractivity contribution in [3.8, 4) is 0 Å². The van der Waals surface area contributed by atoms with Crippen molar-refractivity contribution >= 4 is 17.0 Å². The summed E-state index contributed by atoms with van der Waals surface area (Å²) in [7, 11) is 0. The number of hydrogen-bond donors (Lipinski definition) is 0. The molecule has 3 heterocycles. The molecule has 0 atom stereocenters. The number of piperidine rings is 1. The van der Waals surface area contributed by atoms with E-state index in [-0.39, 0.29) is 11.8 Å². The summed E-state index contributed by atoms with van der Waals surface area (Å²) in [5.74, 6) is 0.0656.